The van der Waals surface area contributed by atoms with Crippen molar-refractivity contribution in [3.63, 3.8) is 0 Å². The average molecular weight is 335 g/mol. The van der Waals surface area contributed by atoms with Gasteiger partial charge in [0.15, 0.2) is 6.04 Å². The number of aromatic nitrogens is 2. The molecular formula is C14H20F3N3O3. The summed E-state index contributed by atoms with van der Waals surface area (Å²) in [5.74, 6) is -1.76. The van der Waals surface area contributed by atoms with Crippen molar-refractivity contribution in [2.75, 3.05) is 0 Å². The molecule has 0 aliphatic rings. The molecule has 0 radical (unpaired) electrons. The lowest BCUT2D eigenvalue weighted by molar-refractivity contribution is -0.163. The Morgan fingerprint density at radius 2 is 1.83 bits per heavy atom. The number of carbonyl (C=O) groups is 2. The predicted octanol–water partition coefficient (Wildman–Crippen LogP) is 2.40. The molecule has 0 aromatic carbocycles. The summed E-state index contributed by atoms with van der Waals surface area (Å²) >= 11 is 0. The molecule has 6 nitrogen and oxygen atoms in total. The minimum absolute atomic E-state index is 0.0566. The Morgan fingerprint density at radius 1 is 1.26 bits per heavy atom. The molecule has 0 saturated heterocycles. The number of unbranched alkanes of at least 4 members (excludes halogenated alkanes) is 1. The Morgan fingerprint density at radius 3 is 2.26 bits per heavy atom. The van der Waals surface area contributed by atoms with Crippen molar-refractivity contribution in [3.8, 4) is 0 Å². The molecule has 9 heteroatoms. The first-order valence-corrected chi connectivity index (χ1v) is 7.12. The minimum atomic E-state index is -4.64. The zero-order chi connectivity index (χ0) is 17.8. The van der Waals surface area contributed by atoms with Crippen LogP contribution in [0.4, 0.5) is 13.2 Å². The number of carboxylic acids is 1. The molecule has 1 aromatic rings. The van der Waals surface area contributed by atoms with Gasteiger partial charge in [-0.3, -0.25) is 14.3 Å². The first-order chi connectivity index (χ1) is 10.5. The molecule has 2 N–H and O–H groups in total. The van der Waals surface area contributed by atoms with Gasteiger partial charge in [0, 0.05) is 31.1 Å². The number of aryl methyl sites for hydroxylation is 2. The van der Waals surface area contributed by atoms with Gasteiger partial charge in [0.2, 0.25) is 5.91 Å². The molecule has 1 amide bonds. The second-order valence-electron chi connectivity index (χ2n) is 5.35. The number of rotatable bonds is 7. The maximum Gasteiger partial charge on any atom is 0.413 e. The molecule has 1 heterocycles. The van der Waals surface area contributed by atoms with E-state index >= 15 is 0 Å². The normalized spacial score (nSPS) is 13.0. The van der Waals surface area contributed by atoms with Crippen LogP contribution in [0.5, 0.6) is 0 Å². The molecule has 1 atom stereocenters. The van der Waals surface area contributed by atoms with E-state index < -0.39 is 24.1 Å². The van der Waals surface area contributed by atoms with Crippen LogP contribution < -0.4 is 5.32 Å². The molecule has 1 rings (SSSR count). The second-order valence-corrected chi connectivity index (χ2v) is 5.35. The number of nitrogens with zero attached hydrogens (tertiary/aromatic N) is 2. The SMILES string of the molecule is Cc1nn(C)c(C)c1C(NC(=O)CCCCC(=O)O)C(F)(F)F. The molecule has 1 aromatic heterocycles. The predicted molar refractivity (Wildman–Crippen MR) is 75.7 cm³/mol. The van der Waals surface area contributed by atoms with E-state index in [2.05, 4.69) is 5.10 Å². The van der Waals surface area contributed by atoms with Crippen LogP contribution in [0, 0.1) is 13.8 Å². The number of aliphatic carboxylic acids is 1. The lowest BCUT2D eigenvalue weighted by atomic mass is 10.0. The monoisotopic (exact) mass is 335 g/mol. The first-order valence-electron chi connectivity index (χ1n) is 7.12. The number of hydrogen-bond acceptors (Lipinski definition) is 3. The van der Waals surface area contributed by atoms with Crippen LogP contribution >= 0.6 is 0 Å². The smallest absolute Gasteiger partial charge is 0.413 e. The minimum Gasteiger partial charge on any atom is -0.481 e. The molecule has 130 valence electrons. The Labute approximate surface area is 131 Å². The van der Waals surface area contributed by atoms with E-state index in [0.717, 1.165) is 0 Å². The fraction of sp³-hybridized carbons (Fsp3) is 0.643. The third-order valence-electron chi connectivity index (χ3n) is 3.53. The van der Waals surface area contributed by atoms with Crippen LogP contribution in [0.2, 0.25) is 0 Å². The van der Waals surface area contributed by atoms with Crippen molar-refractivity contribution in [2.45, 2.75) is 51.7 Å². The Balaban J connectivity index is 2.81. The number of carboxylic acid groups (broad SMARTS) is 1. The van der Waals surface area contributed by atoms with Crippen LogP contribution in [0.3, 0.4) is 0 Å². The van der Waals surface area contributed by atoms with E-state index in [1.54, 1.807) is 0 Å². The molecule has 0 spiro atoms. The van der Waals surface area contributed by atoms with E-state index in [-0.39, 0.29) is 36.9 Å². The molecule has 1 unspecified atom stereocenters. The number of carbonyl (C=O) groups excluding carboxylic acids is 1. The lowest BCUT2D eigenvalue weighted by Crippen LogP contribution is -2.38. The highest BCUT2D eigenvalue weighted by Crippen LogP contribution is 2.35. The van der Waals surface area contributed by atoms with Crippen LogP contribution in [-0.2, 0) is 16.6 Å². The van der Waals surface area contributed by atoms with Gasteiger partial charge in [0.1, 0.15) is 0 Å². The van der Waals surface area contributed by atoms with E-state index in [1.807, 2.05) is 5.32 Å². The van der Waals surface area contributed by atoms with Gasteiger partial charge in [0.05, 0.1) is 5.69 Å². The summed E-state index contributed by atoms with van der Waals surface area (Å²) in [6.07, 6.45) is -4.46. The highest BCUT2D eigenvalue weighted by atomic mass is 19.4. The standard InChI is InChI=1S/C14H20F3N3O3/c1-8-12(9(2)20(3)19-8)13(14(15,16)17)18-10(21)6-4-5-7-11(22)23/h13H,4-7H2,1-3H3,(H,18,21)(H,22,23). The van der Waals surface area contributed by atoms with E-state index in [9.17, 15) is 22.8 Å². The van der Waals surface area contributed by atoms with Gasteiger partial charge in [-0.05, 0) is 26.7 Å². The van der Waals surface area contributed by atoms with Crippen molar-refractivity contribution in [3.05, 3.63) is 17.0 Å². The molecule has 0 aliphatic carbocycles. The summed E-state index contributed by atoms with van der Waals surface area (Å²) in [5.41, 5.74) is 0.480. The fourth-order valence-electron chi connectivity index (χ4n) is 2.32. The van der Waals surface area contributed by atoms with Gasteiger partial charge >= 0.3 is 12.1 Å². The average Bonchev–Trinajstić information content (AvgIpc) is 2.64. The zero-order valence-electron chi connectivity index (χ0n) is 13.2. The van der Waals surface area contributed by atoms with Gasteiger partial charge in [-0.25, -0.2) is 0 Å². The van der Waals surface area contributed by atoms with E-state index in [4.69, 9.17) is 5.11 Å². The maximum absolute atomic E-state index is 13.3. The Bertz CT molecular complexity index is 582. The summed E-state index contributed by atoms with van der Waals surface area (Å²) in [4.78, 5) is 22.1. The summed E-state index contributed by atoms with van der Waals surface area (Å²) < 4.78 is 41.2. The Kier molecular flexibility index (Phi) is 6.17. The molecule has 0 aliphatic heterocycles. The van der Waals surface area contributed by atoms with Crippen molar-refractivity contribution < 1.29 is 27.9 Å². The quantitative estimate of drug-likeness (QED) is 0.750. The lowest BCUT2D eigenvalue weighted by Gasteiger charge is -2.22. The number of alkyl halides is 3. The third-order valence-corrected chi connectivity index (χ3v) is 3.53. The second kappa shape index (κ2) is 7.47. The summed E-state index contributed by atoms with van der Waals surface area (Å²) in [5, 5.41) is 14.4. The fourth-order valence-corrected chi connectivity index (χ4v) is 2.32. The van der Waals surface area contributed by atoms with Crippen LogP contribution in [0.25, 0.3) is 0 Å². The van der Waals surface area contributed by atoms with Crippen molar-refractivity contribution >= 4 is 11.9 Å². The first kappa shape index (κ1) is 19.0. The third kappa shape index (κ3) is 5.26. The van der Waals surface area contributed by atoms with Gasteiger partial charge in [-0.1, -0.05) is 0 Å². The summed E-state index contributed by atoms with van der Waals surface area (Å²) in [6.45, 7) is 2.97. The molecular weight excluding hydrogens is 315 g/mol. The van der Waals surface area contributed by atoms with E-state index in [1.165, 1.54) is 25.6 Å². The topological polar surface area (TPSA) is 84.2 Å². The highest BCUT2D eigenvalue weighted by molar-refractivity contribution is 5.76. The number of halogens is 3. The van der Waals surface area contributed by atoms with Crippen LogP contribution in [0.1, 0.15) is 48.7 Å². The highest BCUT2D eigenvalue weighted by Gasteiger charge is 2.44. The maximum atomic E-state index is 13.3. The van der Waals surface area contributed by atoms with Gasteiger partial charge in [-0.2, -0.15) is 18.3 Å². The van der Waals surface area contributed by atoms with E-state index in [0.29, 0.717) is 5.69 Å². The van der Waals surface area contributed by atoms with Gasteiger partial charge in [-0.15, -0.1) is 0 Å². The molecule has 0 saturated carbocycles. The summed E-state index contributed by atoms with van der Waals surface area (Å²) in [6, 6.07) is -2.12. The summed E-state index contributed by atoms with van der Waals surface area (Å²) in [7, 11) is 1.53. The zero-order valence-corrected chi connectivity index (χ0v) is 13.2. The number of hydrogen-bond donors (Lipinski definition) is 2. The number of nitrogens with one attached hydrogen (secondary N) is 1. The molecule has 23 heavy (non-hydrogen) atoms. The molecule has 0 fully saturated rings. The van der Waals surface area contributed by atoms with Gasteiger partial charge in [0.25, 0.3) is 0 Å². The van der Waals surface area contributed by atoms with Gasteiger partial charge < -0.3 is 10.4 Å². The number of amides is 1. The Hall–Kier alpha value is -2.06. The van der Waals surface area contributed by atoms with Crippen LogP contribution in [-0.4, -0.2) is 32.9 Å². The van der Waals surface area contributed by atoms with Crippen LogP contribution in [0.15, 0.2) is 0 Å². The van der Waals surface area contributed by atoms with Crippen molar-refractivity contribution in [1.82, 2.24) is 15.1 Å². The molecule has 0 bridgehead atoms. The largest absolute Gasteiger partial charge is 0.481 e. The van der Waals surface area contributed by atoms with Crippen molar-refractivity contribution in [2.24, 2.45) is 7.05 Å². The van der Waals surface area contributed by atoms with Crippen molar-refractivity contribution in [1.29, 1.82) is 0 Å².